The van der Waals surface area contributed by atoms with Gasteiger partial charge in [-0.05, 0) is 28.1 Å². The lowest BCUT2D eigenvalue weighted by atomic mass is 10.00. The molecule has 2 unspecified atom stereocenters. The van der Waals surface area contributed by atoms with E-state index in [4.69, 9.17) is 0 Å². The predicted octanol–water partition coefficient (Wildman–Crippen LogP) is 2.86. The van der Waals surface area contributed by atoms with E-state index in [0.717, 1.165) is 22.2 Å². The molecule has 5 nitrogen and oxygen atoms in total. The molecule has 9 heteroatoms. The molecule has 1 fully saturated rings. The molecule has 0 bridgehead atoms. The van der Waals surface area contributed by atoms with E-state index in [2.05, 4.69) is 20.9 Å². The van der Waals surface area contributed by atoms with Crippen LogP contribution in [-0.2, 0) is 15.8 Å². The molecule has 1 aromatic heterocycles. The molecule has 0 aliphatic carbocycles. The number of aromatic nitrogens is 1. The zero-order valence-electron chi connectivity index (χ0n) is 12.0. The van der Waals surface area contributed by atoms with Crippen molar-refractivity contribution in [3.63, 3.8) is 0 Å². The fourth-order valence-electron chi connectivity index (χ4n) is 2.14. The number of pyridine rings is 1. The van der Waals surface area contributed by atoms with Crippen LogP contribution in [0.1, 0.15) is 19.4 Å². The molecule has 2 amide bonds. The third kappa shape index (κ3) is 2.69. The maximum absolute atomic E-state index is 12.7. The van der Waals surface area contributed by atoms with Gasteiger partial charge in [0.1, 0.15) is 10.4 Å². The molecule has 2 atom stereocenters. The molecule has 0 spiro atoms. The zero-order valence-corrected chi connectivity index (χ0v) is 13.6. The number of rotatable bonds is 2. The Bertz CT molecular complexity index is 615. The Labute approximate surface area is 133 Å². The summed E-state index contributed by atoms with van der Waals surface area (Å²) in [7, 11) is 1.41. The number of alkyl halides is 3. The van der Waals surface area contributed by atoms with Crippen LogP contribution in [0.3, 0.4) is 0 Å². The highest BCUT2D eigenvalue weighted by molar-refractivity contribution is 9.10. The number of hydrazine groups is 1. The van der Waals surface area contributed by atoms with Crippen molar-refractivity contribution >= 4 is 33.6 Å². The van der Waals surface area contributed by atoms with E-state index >= 15 is 0 Å². The van der Waals surface area contributed by atoms with Gasteiger partial charge >= 0.3 is 6.18 Å². The first-order chi connectivity index (χ1) is 10.1. The minimum atomic E-state index is -4.54. The Morgan fingerprint density at radius 3 is 2.09 bits per heavy atom. The van der Waals surface area contributed by atoms with Crippen LogP contribution in [0.15, 0.2) is 16.7 Å². The minimum absolute atomic E-state index is 0.0582. The molecule has 1 saturated heterocycles. The van der Waals surface area contributed by atoms with Gasteiger partial charge in [-0.2, -0.15) is 18.2 Å². The summed E-state index contributed by atoms with van der Waals surface area (Å²) >= 11 is 2.77. The molecule has 2 heterocycles. The summed E-state index contributed by atoms with van der Waals surface area (Å²) in [5.41, 5.74) is -0.925. The molecule has 1 aliphatic heterocycles. The molecular weight excluding hydrogens is 367 g/mol. The first kappa shape index (κ1) is 16.7. The summed E-state index contributed by atoms with van der Waals surface area (Å²) in [5.74, 6) is -1.71. The summed E-state index contributed by atoms with van der Waals surface area (Å²) in [6.07, 6.45) is -4.54. The van der Waals surface area contributed by atoms with Crippen LogP contribution in [0.25, 0.3) is 0 Å². The summed E-state index contributed by atoms with van der Waals surface area (Å²) in [6, 6.07) is 1.96. The number of amides is 2. The van der Waals surface area contributed by atoms with Crippen molar-refractivity contribution in [1.29, 1.82) is 0 Å². The molecule has 1 aromatic rings. The fourth-order valence-corrected chi connectivity index (χ4v) is 2.68. The first-order valence-electron chi connectivity index (χ1n) is 6.41. The molecule has 0 N–H and O–H groups in total. The van der Waals surface area contributed by atoms with Gasteiger partial charge in [0.2, 0.25) is 0 Å². The topological polar surface area (TPSA) is 53.5 Å². The van der Waals surface area contributed by atoms with Crippen LogP contribution >= 0.6 is 15.9 Å². The van der Waals surface area contributed by atoms with Gasteiger partial charge in [-0.3, -0.25) is 14.6 Å². The van der Waals surface area contributed by atoms with Gasteiger partial charge in [0.05, 0.1) is 5.56 Å². The predicted molar refractivity (Wildman–Crippen MR) is 75.5 cm³/mol. The van der Waals surface area contributed by atoms with Gasteiger partial charge in [-0.15, -0.1) is 0 Å². The van der Waals surface area contributed by atoms with Gasteiger partial charge in [0.25, 0.3) is 11.8 Å². The van der Waals surface area contributed by atoms with Crippen LogP contribution in [0, 0.1) is 11.8 Å². The average Bonchev–Trinajstić information content (AvgIpc) is 2.61. The third-order valence-electron chi connectivity index (χ3n) is 3.72. The lowest BCUT2D eigenvalue weighted by molar-refractivity contribution is -0.141. The number of hydrogen-bond donors (Lipinski definition) is 0. The number of anilines is 1. The second-order valence-corrected chi connectivity index (χ2v) is 5.85. The van der Waals surface area contributed by atoms with Crippen LogP contribution in [0.2, 0.25) is 0 Å². The Kier molecular flexibility index (Phi) is 4.20. The maximum Gasteiger partial charge on any atom is 0.419 e. The number of carbonyl (C=O) groups is 2. The average molecular weight is 380 g/mol. The molecule has 2 rings (SSSR count). The normalized spacial score (nSPS) is 22.4. The quantitative estimate of drug-likeness (QED) is 0.585. The van der Waals surface area contributed by atoms with Gasteiger partial charge in [-0.1, -0.05) is 13.8 Å². The van der Waals surface area contributed by atoms with Crippen molar-refractivity contribution in [2.75, 3.05) is 12.1 Å². The van der Waals surface area contributed by atoms with E-state index in [0.29, 0.717) is 0 Å². The molecule has 22 heavy (non-hydrogen) atoms. The van der Waals surface area contributed by atoms with E-state index in [1.807, 2.05) is 0 Å². The standard InChI is InChI=1S/C13H13BrF3N3O2/c1-6-7(2)12(22)20(11(6)21)19(3)9-5-4-8(10(14)18-9)13(15,16)17/h4-7H,1-3H3. The fraction of sp³-hybridized carbons (Fsp3) is 0.462. The van der Waals surface area contributed by atoms with E-state index in [-0.39, 0.29) is 5.82 Å². The van der Waals surface area contributed by atoms with Gasteiger partial charge in [0, 0.05) is 18.9 Å². The lowest BCUT2D eigenvalue weighted by Crippen LogP contribution is -2.45. The SMILES string of the molecule is CC1C(=O)N(N(C)c2ccc(C(F)(F)F)c(Br)n2)C(=O)C1C. The Balaban J connectivity index is 2.35. The van der Waals surface area contributed by atoms with Crippen molar-refractivity contribution in [3.8, 4) is 0 Å². The Morgan fingerprint density at radius 2 is 1.68 bits per heavy atom. The van der Waals surface area contributed by atoms with Crippen LogP contribution in [0.4, 0.5) is 19.0 Å². The van der Waals surface area contributed by atoms with Gasteiger partial charge in [0.15, 0.2) is 0 Å². The summed E-state index contributed by atoms with van der Waals surface area (Å²) in [5, 5.41) is 2.08. The largest absolute Gasteiger partial charge is 0.419 e. The summed E-state index contributed by atoms with van der Waals surface area (Å²) in [6.45, 7) is 3.27. The van der Waals surface area contributed by atoms with Crippen LogP contribution < -0.4 is 5.01 Å². The molecule has 120 valence electrons. The Morgan fingerprint density at radius 1 is 1.18 bits per heavy atom. The minimum Gasteiger partial charge on any atom is -0.272 e. The Hall–Kier alpha value is -1.64. The molecule has 0 saturated carbocycles. The lowest BCUT2D eigenvalue weighted by Gasteiger charge is -2.27. The molecular formula is C13H13BrF3N3O2. The number of carbonyl (C=O) groups excluding carboxylic acids is 2. The van der Waals surface area contributed by atoms with Gasteiger partial charge < -0.3 is 0 Å². The second kappa shape index (κ2) is 5.53. The van der Waals surface area contributed by atoms with Crippen molar-refractivity contribution in [2.24, 2.45) is 11.8 Å². The third-order valence-corrected chi connectivity index (χ3v) is 4.32. The van der Waals surface area contributed by atoms with E-state index < -0.39 is 40.0 Å². The molecule has 1 aliphatic rings. The highest BCUT2D eigenvalue weighted by atomic mass is 79.9. The zero-order chi connectivity index (χ0) is 16.8. The summed E-state index contributed by atoms with van der Waals surface area (Å²) < 4.78 is 37.7. The van der Waals surface area contributed by atoms with Crippen molar-refractivity contribution in [1.82, 2.24) is 9.99 Å². The molecule has 0 aromatic carbocycles. The van der Waals surface area contributed by atoms with E-state index in [1.54, 1.807) is 13.8 Å². The maximum atomic E-state index is 12.7. The van der Waals surface area contributed by atoms with E-state index in [1.165, 1.54) is 7.05 Å². The second-order valence-electron chi connectivity index (χ2n) is 5.09. The first-order valence-corrected chi connectivity index (χ1v) is 7.20. The van der Waals surface area contributed by atoms with Crippen LogP contribution in [-0.4, -0.2) is 28.9 Å². The number of halogens is 4. The van der Waals surface area contributed by atoms with Crippen LogP contribution in [0.5, 0.6) is 0 Å². The number of nitrogens with zero attached hydrogens (tertiary/aromatic N) is 3. The smallest absolute Gasteiger partial charge is 0.272 e. The van der Waals surface area contributed by atoms with Gasteiger partial charge in [-0.25, -0.2) is 4.98 Å². The highest BCUT2D eigenvalue weighted by Crippen LogP contribution is 2.35. The van der Waals surface area contributed by atoms with Crippen molar-refractivity contribution < 1.29 is 22.8 Å². The molecule has 0 radical (unpaired) electrons. The van der Waals surface area contributed by atoms with Crippen molar-refractivity contribution in [2.45, 2.75) is 20.0 Å². The van der Waals surface area contributed by atoms with Crippen molar-refractivity contribution in [3.05, 3.63) is 22.3 Å². The number of imide groups is 1. The highest BCUT2D eigenvalue weighted by Gasteiger charge is 2.45. The number of hydrogen-bond acceptors (Lipinski definition) is 4. The monoisotopic (exact) mass is 379 g/mol. The van der Waals surface area contributed by atoms with E-state index in [9.17, 15) is 22.8 Å². The summed E-state index contributed by atoms with van der Waals surface area (Å²) in [4.78, 5) is 28.0.